The van der Waals surface area contributed by atoms with E-state index in [4.69, 9.17) is 20.8 Å². The Hall–Kier alpha value is -4.30. The van der Waals surface area contributed by atoms with Gasteiger partial charge in [-0.25, -0.2) is 9.69 Å². The van der Waals surface area contributed by atoms with Crippen molar-refractivity contribution in [2.24, 2.45) is 0 Å². The molecule has 0 fully saturated rings. The van der Waals surface area contributed by atoms with Crippen LogP contribution in [0.4, 0.5) is 5.69 Å². The van der Waals surface area contributed by atoms with Crippen molar-refractivity contribution in [1.29, 1.82) is 0 Å². The highest BCUT2D eigenvalue weighted by atomic mass is 35.5. The molecule has 0 spiro atoms. The van der Waals surface area contributed by atoms with Gasteiger partial charge in [0.25, 0.3) is 17.7 Å². The zero-order chi connectivity index (χ0) is 22.9. The Labute approximate surface area is 192 Å². The highest BCUT2D eigenvalue weighted by Crippen LogP contribution is 2.30. The molecule has 1 aromatic heterocycles. The Balaban J connectivity index is 1.31. The molecule has 1 aliphatic heterocycles. The van der Waals surface area contributed by atoms with Gasteiger partial charge in [0.1, 0.15) is 0 Å². The van der Waals surface area contributed by atoms with Crippen LogP contribution < -0.4 is 4.90 Å². The molecule has 0 bridgehead atoms. The number of carbonyl (C=O) groups excluding carboxylic acids is 3. The second-order valence-electron chi connectivity index (χ2n) is 7.13. The summed E-state index contributed by atoms with van der Waals surface area (Å²) in [5.74, 6) is -1.26. The van der Waals surface area contributed by atoms with Gasteiger partial charge in [0.15, 0.2) is 6.61 Å². The van der Waals surface area contributed by atoms with Gasteiger partial charge in [0.2, 0.25) is 5.89 Å². The number of carbonyl (C=O) groups is 3. The number of aromatic nitrogens is 2. The van der Waals surface area contributed by atoms with Crippen molar-refractivity contribution in [3.63, 3.8) is 0 Å². The predicted octanol–water partition coefficient (Wildman–Crippen LogP) is 4.55. The van der Waals surface area contributed by atoms with Gasteiger partial charge in [-0.15, -0.1) is 10.2 Å². The first kappa shape index (κ1) is 20.6. The summed E-state index contributed by atoms with van der Waals surface area (Å²) in [6.07, 6.45) is 0. The SMILES string of the molecule is O=C(OCc1nnc(-c2ccccc2)o1)c1ccc2c(c1)C(=O)N(c1ccc(Cl)cc1)C2=O. The molecule has 0 saturated heterocycles. The summed E-state index contributed by atoms with van der Waals surface area (Å²) >= 11 is 5.89. The van der Waals surface area contributed by atoms with Gasteiger partial charge in [-0.05, 0) is 54.6 Å². The lowest BCUT2D eigenvalue weighted by Gasteiger charge is -2.13. The van der Waals surface area contributed by atoms with Crippen LogP contribution >= 0.6 is 11.6 Å². The van der Waals surface area contributed by atoms with Gasteiger partial charge in [0, 0.05) is 10.6 Å². The van der Waals surface area contributed by atoms with Crippen LogP contribution in [0.5, 0.6) is 0 Å². The van der Waals surface area contributed by atoms with Crippen molar-refractivity contribution in [3.05, 3.63) is 100 Å². The highest BCUT2D eigenvalue weighted by Gasteiger charge is 2.37. The third-order valence-corrected chi connectivity index (χ3v) is 5.27. The Morgan fingerprint density at radius 3 is 2.39 bits per heavy atom. The second kappa shape index (κ2) is 8.33. The zero-order valence-corrected chi connectivity index (χ0v) is 17.7. The summed E-state index contributed by atoms with van der Waals surface area (Å²) in [5, 5.41) is 8.30. The Morgan fingerprint density at radius 2 is 1.64 bits per heavy atom. The van der Waals surface area contributed by atoms with Crippen LogP contribution in [0.25, 0.3) is 11.5 Å². The molecule has 9 heteroatoms. The molecule has 0 N–H and O–H groups in total. The Kier molecular flexibility index (Phi) is 5.20. The fourth-order valence-corrected chi connectivity index (χ4v) is 3.54. The van der Waals surface area contributed by atoms with Crippen LogP contribution in [0.2, 0.25) is 5.02 Å². The minimum Gasteiger partial charge on any atom is -0.452 e. The molecule has 3 aromatic carbocycles. The van der Waals surface area contributed by atoms with Crippen LogP contribution in [0.3, 0.4) is 0 Å². The van der Waals surface area contributed by atoms with E-state index in [1.54, 1.807) is 24.3 Å². The lowest BCUT2D eigenvalue weighted by atomic mass is 10.1. The van der Waals surface area contributed by atoms with Crippen molar-refractivity contribution in [3.8, 4) is 11.5 Å². The molecule has 2 heterocycles. The maximum atomic E-state index is 12.9. The van der Waals surface area contributed by atoms with E-state index in [0.29, 0.717) is 16.6 Å². The quantitative estimate of drug-likeness (QED) is 0.318. The summed E-state index contributed by atoms with van der Waals surface area (Å²) in [4.78, 5) is 39.2. The summed E-state index contributed by atoms with van der Waals surface area (Å²) in [6.45, 7) is -0.237. The predicted molar refractivity (Wildman–Crippen MR) is 118 cm³/mol. The molecule has 0 saturated carbocycles. The average Bonchev–Trinajstić information content (AvgIpc) is 3.42. The van der Waals surface area contributed by atoms with E-state index in [0.717, 1.165) is 10.5 Å². The number of amides is 2. The molecule has 5 rings (SSSR count). The maximum Gasteiger partial charge on any atom is 0.338 e. The highest BCUT2D eigenvalue weighted by molar-refractivity contribution is 6.35. The first-order valence-electron chi connectivity index (χ1n) is 9.84. The fraction of sp³-hybridized carbons (Fsp3) is 0.0417. The van der Waals surface area contributed by atoms with Gasteiger partial charge in [-0.2, -0.15) is 0 Å². The minimum atomic E-state index is -0.692. The van der Waals surface area contributed by atoms with Crippen LogP contribution in [-0.2, 0) is 11.3 Å². The maximum absolute atomic E-state index is 12.9. The van der Waals surface area contributed by atoms with Crippen LogP contribution in [0, 0.1) is 0 Å². The average molecular weight is 460 g/mol. The van der Waals surface area contributed by atoms with Crippen molar-refractivity contribution < 1.29 is 23.5 Å². The molecule has 4 aromatic rings. The topological polar surface area (TPSA) is 103 Å². The molecule has 1 aliphatic rings. The molecule has 0 aliphatic carbocycles. The first-order chi connectivity index (χ1) is 16.0. The molecule has 0 radical (unpaired) electrons. The number of hydrogen-bond donors (Lipinski definition) is 0. The smallest absolute Gasteiger partial charge is 0.338 e. The van der Waals surface area contributed by atoms with E-state index in [9.17, 15) is 14.4 Å². The number of hydrogen-bond acceptors (Lipinski definition) is 7. The number of esters is 1. The zero-order valence-electron chi connectivity index (χ0n) is 16.9. The Morgan fingerprint density at radius 1 is 0.909 bits per heavy atom. The third-order valence-electron chi connectivity index (χ3n) is 5.02. The number of benzene rings is 3. The van der Waals surface area contributed by atoms with Crippen molar-refractivity contribution in [1.82, 2.24) is 10.2 Å². The molecule has 2 amide bonds. The van der Waals surface area contributed by atoms with Gasteiger partial charge in [0.05, 0.1) is 22.4 Å². The van der Waals surface area contributed by atoms with Crippen LogP contribution in [0.15, 0.2) is 77.2 Å². The molecule has 33 heavy (non-hydrogen) atoms. The van der Waals surface area contributed by atoms with Gasteiger partial charge >= 0.3 is 5.97 Å². The van der Waals surface area contributed by atoms with Gasteiger partial charge in [-0.1, -0.05) is 29.8 Å². The van der Waals surface area contributed by atoms with Crippen molar-refractivity contribution >= 4 is 35.1 Å². The van der Waals surface area contributed by atoms with Gasteiger partial charge < -0.3 is 9.15 Å². The van der Waals surface area contributed by atoms with E-state index >= 15 is 0 Å². The van der Waals surface area contributed by atoms with Crippen molar-refractivity contribution in [2.45, 2.75) is 6.61 Å². The molecule has 162 valence electrons. The number of fused-ring (bicyclic) bond motifs is 1. The molecule has 0 unspecified atom stereocenters. The van der Waals surface area contributed by atoms with E-state index in [1.807, 2.05) is 30.3 Å². The minimum absolute atomic E-state index is 0.119. The van der Waals surface area contributed by atoms with Crippen molar-refractivity contribution in [2.75, 3.05) is 4.90 Å². The van der Waals surface area contributed by atoms with Crippen LogP contribution in [0.1, 0.15) is 37.0 Å². The second-order valence-corrected chi connectivity index (χ2v) is 7.56. The number of nitrogens with zero attached hydrogens (tertiary/aromatic N) is 3. The number of halogens is 1. The first-order valence-corrected chi connectivity index (χ1v) is 10.2. The van der Waals surface area contributed by atoms with E-state index in [-0.39, 0.29) is 29.2 Å². The molecular formula is C24H14ClN3O5. The molecular weight excluding hydrogens is 446 g/mol. The summed E-state index contributed by atoms with van der Waals surface area (Å²) in [6, 6.07) is 19.7. The summed E-state index contributed by atoms with van der Waals surface area (Å²) in [7, 11) is 0. The Bertz CT molecular complexity index is 1380. The number of imide groups is 1. The number of ether oxygens (including phenoxy) is 1. The standard InChI is InChI=1S/C24H14ClN3O5/c25-16-7-9-17(10-8-16)28-22(29)18-11-6-15(12-19(18)23(28)30)24(31)32-13-20-26-27-21(33-20)14-4-2-1-3-5-14/h1-12H,13H2. The largest absolute Gasteiger partial charge is 0.452 e. The number of anilines is 1. The van der Waals surface area contributed by atoms with E-state index in [2.05, 4.69) is 10.2 Å². The van der Waals surface area contributed by atoms with Crippen LogP contribution in [-0.4, -0.2) is 28.0 Å². The normalized spacial score (nSPS) is 12.7. The molecule has 0 atom stereocenters. The van der Waals surface area contributed by atoms with E-state index < -0.39 is 17.8 Å². The van der Waals surface area contributed by atoms with Gasteiger partial charge in [-0.3, -0.25) is 9.59 Å². The third kappa shape index (κ3) is 3.88. The fourth-order valence-electron chi connectivity index (χ4n) is 3.41. The lowest BCUT2D eigenvalue weighted by molar-refractivity contribution is 0.0438. The monoisotopic (exact) mass is 459 g/mol. The van der Waals surface area contributed by atoms with E-state index in [1.165, 1.54) is 18.2 Å². The summed E-state index contributed by atoms with van der Waals surface area (Å²) in [5.41, 5.74) is 1.58. The summed E-state index contributed by atoms with van der Waals surface area (Å²) < 4.78 is 10.8. The molecule has 8 nitrogen and oxygen atoms in total. The lowest BCUT2D eigenvalue weighted by Crippen LogP contribution is -2.29. The number of rotatable bonds is 5.